The van der Waals surface area contributed by atoms with Gasteiger partial charge in [-0.05, 0) is 17.7 Å². The number of nitrogen functional groups attached to an aromatic ring is 2. The highest BCUT2D eigenvalue weighted by Gasteiger charge is 2.29. The summed E-state index contributed by atoms with van der Waals surface area (Å²) in [5.41, 5.74) is 14.3. The number of hydrogen-bond donors (Lipinski definition) is 4. The second-order valence-electron chi connectivity index (χ2n) is 6.15. The Morgan fingerprint density at radius 2 is 1.93 bits per heavy atom. The molecule has 29 heavy (non-hydrogen) atoms. The van der Waals surface area contributed by atoms with E-state index in [1.54, 1.807) is 6.92 Å². The molecule has 0 saturated carbocycles. The molecule has 1 aliphatic rings. The third-order valence-electron chi connectivity index (χ3n) is 4.36. The summed E-state index contributed by atoms with van der Waals surface area (Å²) in [4.78, 5) is 8.73. The number of nitrogens with zero attached hydrogens (tertiary/aromatic N) is 6. The smallest absolute Gasteiger partial charge is 0.247 e. The van der Waals surface area contributed by atoms with E-state index in [2.05, 4.69) is 30.8 Å². The van der Waals surface area contributed by atoms with Crippen LogP contribution >= 0.6 is 0 Å². The Kier molecular flexibility index (Phi) is 4.18. The number of pyridine rings is 1. The van der Waals surface area contributed by atoms with Crippen molar-refractivity contribution < 1.29 is 4.42 Å². The van der Waals surface area contributed by atoms with Gasteiger partial charge in [0.15, 0.2) is 6.19 Å². The van der Waals surface area contributed by atoms with E-state index in [1.807, 2.05) is 36.5 Å². The largest absolute Gasteiger partial charge is 0.421 e. The number of aromatic nitrogens is 3. The van der Waals surface area contributed by atoms with Crippen LogP contribution < -0.4 is 22.1 Å². The molecule has 4 rings (SSSR count). The van der Waals surface area contributed by atoms with Crippen LogP contribution in [-0.4, -0.2) is 21.1 Å². The van der Waals surface area contributed by atoms with Crippen LogP contribution in [0.15, 0.2) is 33.7 Å². The highest BCUT2D eigenvalue weighted by molar-refractivity contribution is 5.98. The van der Waals surface area contributed by atoms with Gasteiger partial charge < -0.3 is 21.2 Å². The first-order valence-corrected chi connectivity index (χ1v) is 8.41. The molecule has 1 unspecified atom stereocenters. The highest BCUT2D eigenvalue weighted by atomic mass is 16.4. The van der Waals surface area contributed by atoms with E-state index in [4.69, 9.17) is 21.1 Å². The third-order valence-corrected chi connectivity index (χ3v) is 4.36. The fraction of sp³-hybridized carbons (Fsp3) is 0.111. The number of rotatable bonds is 2. The summed E-state index contributed by atoms with van der Waals surface area (Å²) in [5, 5.41) is 31.5. The van der Waals surface area contributed by atoms with E-state index < -0.39 is 6.04 Å². The van der Waals surface area contributed by atoms with Gasteiger partial charge in [-0.3, -0.25) is 5.32 Å². The average molecular weight is 386 g/mol. The summed E-state index contributed by atoms with van der Waals surface area (Å²) >= 11 is 0. The SMILES string of the molecule is Cc1nnc(-c2ccc(C3N=C(NC#N)Nc4nc(N)c(C#N)c(N)c43)cc2)o1. The lowest BCUT2D eigenvalue weighted by molar-refractivity contribution is 0.533. The predicted molar refractivity (Wildman–Crippen MR) is 104 cm³/mol. The molecular formula is C18H14N10O. The first-order chi connectivity index (χ1) is 14.0. The summed E-state index contributed by atoms with van der Waals surface area (Å²) in [7, 11) is 0. The lowest BCUT2D eigenvalue weighted by Gasteiger charge is -2.26. The number of fused-ring (bicyclic) bond motifs is 1. The number of aryl methyl sites for hydroxylation is 1. The lowest BCUT2D eigenvalue weighted by Crippen LogP contribution is -2.32. The van der Waals surface area contributed by atoms with Gasteiger partial charge in [0.05, 0.1) is 5.69 Å². The van der Waals surface area contributed by atoms with Crippen molar-refractivity contribution in [3.63, 3.8) is 0 Å². The summed E-state index contributed by atoms with van der Waals surface area (Å²) in [6.45, 7) is 1.71. The van der Waals surface area contributed by atoms with Gasteiger partial charge in [0.2, 0.25) is 17.7 Å². The van der Waals surface area contributed by atoms with Crippen molar-refractivity contribution in [1.29, 1.82) is 10.5 Å². The van der Waals surface area contributed by atoms with Crippen molar-refractivity contribution in [1.82, 2.24) is 20.5 Å². The molecule has 11 heteroatoms. The minimum atomic E-state index is -0.610. The van der Waals surface area contributed by atoms with Crippen molar-refractivity contribution in [2.45, 2.75) is 13.0 Å². The monoisotopic (exact) mass is 386 g/mol. The summed E-state index contributed by atoms with van der Waals surface area (Å²) < 4.78 is 5.44. The zero-order valence-electron chi connectivity index (χ0n) is 15.1. The van der Waals surface area contributed by atoms with E-state index >= 15 is 0 Å². The van der Waals surface area contributed by atoms with Gasteiger partial charge in [-0.2, -0.15) is 10.5 Å². The van der Waals surface area contributed by atoms with Crippen LogP contribution in [-0.2, 0) is 0 Å². The molecule has 142 valence electrons. The number of nitrogens with one attached hydrogen (secondary N) is 2. The van der Waals surface area contributed by atoms with Gasteiger partial charge in [-0.25, -0.2) is 9.98 Å². The highest BCUT2D eigenvalue weighted by Crippen LogP contribution is 2.40. The normalized spacial score (nSPS) is 14.7. The number of nitriles is 2. The molecule has 0 radical (unpaired) electrons. The van der Waals surface area contributed by atoms with E-state index in [1.165, 1.54) is 0 Å². The second kappa shape index (κ2) is 6.83. The molecule has 0 aliphatic carbocycles. The maximum absolute atomic E-state index is 9.37. The Labute approximate surface area is 164 Å². The first-order valence-electron chi connectivity index (χ1n) is 8.41. The van der Waals surface area contributed by atoms with Crippen LogP contribution in [0.25, 0.3) is 11.5 Å². The average Bonchev–Trinajstić information content (AvgIpc) is 3.14. The lowest BCUT2D eigenvalue weighted by atomic mass is 9.94. The van der Waals surface area contributed by atoms with E-state index in [-0.39, 0.29) is 23.0 Å². The fourth-order valence-electron chi connectivity index (χ4n) is 3.04. The molecule has 6 N–H and O–H groups in total. The van der Waals surface area contributed by atoms with E-state index in [0.29, 0.717) is 23.2 Å². The minimum Gasteiger partial charge on any atom is -0.421 e. The number of benzene rings is 1. The van der Waals surface area contributed by atoms with Gasteiger partial charge in [-0.1, -0.05) is 12.1 Å². The zero-order chi connectivity index (χ0) is 20.5. The topological polar surface area (TPSA) is 188 Å². The van der Waals surface area contributed by atoms with Gasteiger partial charge in [0.1, 0.15) is 29.3 Å². The fourth-order valence-corrected chi connectivity index (χ4v) is 3.04. The quantitative estimate of drug-likeness (QED) is 0.370. The zero-order valence-corrected chi connectivity index (χ0v) is 15.1. The number of nitrogens with two attached hydrogens (primary N) is 2. The van der Waals surface area contributed by atoms with E-state index in [0.717, 1.165) is 11.1 Å². The van der Waals surface area contributed by atoms with Crippen LogP contribution in [0.4, 0.5) is 17.3 Å². The van der Waals surface area contributed by atoms with Crippen LogP contribution in [0.1, 0.15) is 28.6 Å². The van der Waals surface area contributed by atoms with Gasteiger partial charge >= 0.3 is 0 Å². The van der Waals surface area contributed by atoms with Crippen molar-refractivity contribution >= 4 is 23.3 Å². The third kappa shape index (κ3) is 3.02. The summed E-state index contributed by atoms with van der Waals surface area (Å²) in [6.07, 6.45) is 1.81. The number of hydrogen-bond acceptors (Lipinski definition) is 11. The molecule has 11 nitrogen and oxygen atoms in total. The van der Waals surface area contributed by atoms with Gasteiger partial charge in [-0.15, -0.1) is 10.2 Å². The molecule has 0 fully saturated rings. The molecule has 0 spiro atoms. The standard InChI is InChI=1S/C18H14N10O/c1-8-27-28-17(29-8)10-4-2-9(3-5-10)14-12-13(21)11(6-19)15(22)25-16(12)26-18(24-14)23-7-20/h2-5,14H,1H3,(H6,21,22,23,24,25,26). The van der Waals surface area contributed by atoms with Crippen LogP contribution in [0, 0.1) is 29.7 Å². The maximum atomic E-state index is 9.37. The Hall–Kier alpha value is -4.64. The summed E-state index contributed by atoms with van der Waals surface area (Å²) in [5.74, 6) is 1.38. The second-order valence-corrected chi connectivity index (χ2v) is 6.15. The maximum Gasteiger partial charge on any atom is 0.247 e. The van der Waals surface area contributed by atoms with E-state index in [9.17, 15) is 5.26 Å². The van der Waals surface area contributed by atoms with Gasteiger partial charge in [0.25, 0.3) is 0 Å². The molecule has 1 aliphatic heterocycles. The van der Waals surface area contributed by atoms with Crippen LogP contribution in [0.2, 0.25) is 0 Å². The molecular weight excluding hydrogens is 372 g/mol. The molecule has 0 amide bonds. The van der Waals surface area contributed by atoms with Crippen molar-refractivity contribution in [3.8, 4) is 23.7 Å². The Morgan fingerprint density at radius 1 is 1.17 bits per heavy atom. The molecule has 3 aromatic rings. The first kappa shape index (κ1) is 17.8. The molecule has 0 saturated heterocycles. The van der Waals surface area contributed by atoms with Crippen molar-refractivity contribution in [2.75, 3.05) is 16.8 Å². The van der Waals surface area contributed by atoms with Crippen molar-refractivity contribution in [3.05, 3.63) is 46.8 Å². The Balaban J connectivity index is 1.82. The number of anilines is 3. The molecule has 0 bridgehead atoms. The van der Waals surface area contributed by atoms with Crippen LogP contribution in [0.3, 0.4) is 0 Å². The minimum absolute atomic E-state index is 0.00433. The molecule has 3 heterocycles. The number of guanidine groups is 1. The summed E-state index contributed by atoms with van der Waals surface area (Å²) in [6, 6.07) is 8.62. The molecule has 2 aromatic heterocycles. The Bertz CT molecular complexity index is 1210. The molecule has 1 aromatic carbocycles. The molecule has 1 atom stereocenters. The Morgan fingerprint density at radius 3 is 2.55 bits per heavy atom. The predicted octanol–water partition coefficient (Wildman–Crippen LogP) is 1.42. The van der Waals surface area contributed by atoms with Gasteiger partial charge in [0, 0.05) is 18.1 Å². The van der Waals surface area contributed by atoms with Crippen molar-refractivity contribution in [2.24, 2.45) is 4.99 Å². The number of aliphatic imine (C=N–C) groups is 1. The van der Waals surface area contributed by atoms with Crippen LogP contribution in [0.5, 0.6) is 0 Å².